The molecule has 7 nitrogen and oxygen atoms in total. The number of benzene rings is 1. The quantitative estimate of drug-likeness (QED) is 0.745. The Morgan fingerprint density at radius 1 is 1.09 bits per heavy atom. The third kappa shape index (κ3) is 4.20. The molecule has 0 spiro atoms. The Labute approximate surface area is 190 Å². The SMILES string of the molecule is C[C@H]1COCCN1C(=O)C1CCC(NS(=O)(=O)c2ccc3cc(C4CC4)n(C)c3c2)CC1. The van der Waals surface area contributed by atoms with Gasteiger partial charge >= 0.3 is 0 Å². The van der Waals surface area contributed by atoms with E-state index in [0.717, 1.165) is 23.7 Å². The zero-order chi connectivity index (χ0) is 22.5. The summed E-state index contributed by atoms with van der Waals surface area (Å²) in [5, 5.41) is 1.09. The molecule has 0 radical (unpaired) electrons. The molecule has 1 aromatic carbocycles. The summed E-state index contributed by atoms with van der Waals surface area (Å²) in [7, 11) is -1.58. The summed E-state index contributed by atoms with van der Waals surface area (Å²) in [5.74, 6) is 0.795. The Morgan fingerprint density at radius 3 is 2.53 bits per heavy atom. The van der Waals surface area contributed by atoms with Crippen LogP contribution >= 0.6 is 0 Å². The number of sulfonamides is 1. The van der Waals surface area contributed by atoms with Crippen molar-refractivity contribution < 1.29 is 17.9 Å². The topological polar surface area (TPSA) is 80.6 Å². The molecule has 0 unspecified atom stereocenters. The number of hydrogen-bond acceptors (Lipinski definition) is 4. The van der Waals surface area contributed by atoms with Crippen molar-refractivity contribution in [3.05, 3.63) is 30.0 Å². The summed E-state index contributed by atoms with van der Waals surface area (Å²) in [4.78, 5) is 15.2. The summed E-state index contributed by atoms with van der Waals surface area (Å²) >= 11 is 0. The number of amides is 1. The lowest BCUT2D eigenvalue weighted by Gasteiger charge is -2.37. The number of morpholine rings is 1. The number of rotatable bonds is 5. The average Bonchev–Trinajstić information content (AvgIpc) is 3.57. The molecule has 1 aliphatic heterocycles. The number of fused-ring (bicyclic) bond motifs is 1. The first-order valence-electron chi connectivity index (χ1n) is 11.8. The summed E-state index contributed by atoms with van der Waals surface area (Å²) in [6.45, 7) is 3.86. The number of nitrogens with one attached hydrogen (secondary N) is 1. The molecule has 1 amide bonds. The van der Waals surface area contributed by atoms with Crippen LogP contribution in [0.5, 0.6) is 0 Å². The van der Waals surface area contributed by atoms with Crippen LogP contribution in [0.4, 0.5) is 0 Å². The van der Waals surface area contributed by atoms with Crippen molar-refractivity contribution >= 4 is 26.8 Å². The minimum absolute atomic E-state index is 0.0168. The highest BCUT2D eigenvalue weighted by atomic mass is 32.2. The highest BCUT2D eigenvalue weighted by Crippen LogP contribution is 2.42. The number of aryl methyl sites for hydroxylation is 1. The van der Waals surface area contributed by atoms with Gasteiger partial charge in [-0.25, -0.2) is 13.1 Å². The highest BCUT2D eigenvalue weighted by molar-refractivity contribution is 7.89. The molecule has 1 N–H and O–H groups in total. The van der Waals surface area contributed by atoms with Gasteiger partial charge in [-0.3, -0.25) is 4.79 Å². The van der Waals surface area contributed by atoms with Gasteiger partial charge in [0, 0.05) is 36.8 Å². The lowest BCUT2D eigenvalue weighted by Crippen LogP contribution is -2.50. The van der Waals surface area contributed by atoms with Crippen molar-refractivity contribution in [3.8, 4) is 0 Å². The summed E-state index contributed by atoms with van der Waals surface area (Å²) in [6, 6.07) is 7.58. The molecule has 1 saturated heterocycles. The van der Waals surface area contributed by atoms with Crippen molar-refractivity contribution in [2.45, 2.75) is 68.3 Å². The van der Waals surface area contributed by atoms with E-state index >= 15 is 0 Å². The zero-order valence-electron chi connectivity index (χ0n) is 18.9. The van der Waals surface area contributed by atoms with E-state index in [0.29, 0.717) is 43.4 Å². The molecule has 32 heavy (non-hydrogen) atoms. The maximum Gasteiger partial charge on any atom is 0.240 e. The van der Waals surface area contributed by atoms with Crippen LogP contribution in [0.1, 0.15) is 57.1 Å². The van der Waals surface area contributed by atoms with Crippen LogP contribution in [0.3, 0.4) is 0 Å². The minimum atomic E-state index is -3.61. The van der Waals surface area contributed by atoms with Crippen molar-refractivity contribution in [2.75, 3.05) is 19.8 Å². The predicted octanol–water partition coefficient (Wildman–Crippen LogP) is 3.14. The third-order valence-electron chi connectivity index (χ3n) is 7.41. The van der Waals surface area contributed by atoms with Gasteiger partial charge in [-0.05, 0) is 75.0 Å². The van der Waals surface area contributed by atoms with Crippen LogP contribution < -0.4 is 4.72 Å². The predicted molar refractivity (Wildman–Crippen MR) is 123 cm³/mol. The van der Waals surface area contributed by atoms with E-state index in [1.165, 1.54) is 18.5 Å². The molecule has 1 atom stereocenters. The molecule has 8 heteroatoms. The second-order valence-corrected chi connectivity index (χ2v) is 11.5. The van der Waals surface area contributed by atoms with Crippen LogP contribution in [-0.4, -0.2) is 55.6 Å². The Bertz CT molecular complexity index is 1110. The van der Waals surface area contributed by atoms with Gasteiger partial charge in [0.25, 0.3) is 0 Å². The van der Waals surface area contributed by atoms with E-state index in [1.54, 1.807) is 12.1 Å². The number of carbonyl (C=O) groups excluding carboxylic acids is 1. The van der Waals surface area contributed by atoms with E-state index in [9.17, 15) is 13.2 Å². The molecule has 0 bridgehead atoms. The highest BCUT2D eigenvalue weighted by Gasteiger charge is 2.34. The number of ether oxygens (including phenoxy) is 1. The van der Waals surface area contributed by atoms with E-state index in [4.69, 9.17) is 4.74 Å². The fourth-order valence-corrected chi connectivity index (χ4v) is 6.63. The molecule has 2 saturated carbocycles. The standard InChI is InChI=1S/C24H33N3O4S/c1-16-15-31-12-11-27(16)24(28)18-5-8-20(9-6-18)25-32(29,30)21-10-7-19-13-22(17-3-4-17)26(2)23(19)14-21/h7,10,13-14,16-18,20,25H,3-6,8-9,11-12,15H2,1-2H3/t16-,18?,20?/m0/s1. The average molecular weight is 460 g/mol. The maximum atomic E-state index is 13.1. The second kappa shape index (κ2) is 8.47. The maximum absolute atomic E-state index is 13.1. The Hall–Kier alpha value is -1.90. The van der Waals surface area contributed by atoms with Crippen LogP contribution in [0.25, 0.3) is 10.9 Å². The summed E-state index contributed by atoms with van der Waals surface area (Å²) in [5.41, 5.74) is 2.25. The largest absolute Gasteiger partial charge is 0.377 e. The smallest absolute Gasteiger partial charge is 0.240 e. The fraction of sp³-hybridized carbons (Fsp3) is 0.625. The fourth-order valence-electron chi connectivity index (χ4n) is 5.30. The molecule has 2 heterocycles. The molecular weight excluding hydrogens is 426 g/mol. The van der Waals surface area contributed by atoms with Gasteiger partial charge in [0.1, 0.15) is 0 Å². The normalized spacial score (nSPS) is 27.1. The minimum Gasteiger partial charge on any atom is -0.377 e. The summed E-state index contributed by atoms with van der Waals surface area (Å²) < 4.78 is 36.7. The Morgan fingerprint density at radius 2 is 1.84 bits per heavy atom. The first-order valence-corrected chi connectivity index (χ1v) is 13.3. The van der Waals surface area contributed by atoms with Crippen molar-refractivity contribution in [3.63, 3.8) is 0 Å². The Balaban J connectivity index is 1.23. The number of aromatic nitrogens is 1. The molecule has 5 rings (SSSR count). The van der Waals surface area contributed by atoms with E-state index in [2.05, 4.69) is 15.4 Å². The zero-order valence-corrected chi connectivity index (χ0v) is 19.7. The molecule has 3 aliphatic rings. The number of hydrogen-bond donors (Lipinski definition) is 1. The van der Waals surface area contributed by atoms with Crippen LogP contribution in [0.2, 0.25) is 0 Å². The van der Waals surface area contributed by atoms with Gasteiger partial charge in [-0.1, -0.05) is 6.07 Å². The molecule has 174 valence electrons. The molecule has 3 fully saturated rings. The number of carbonyl (C=O) groups is 1. The number of nitrogens with zero attached hydrogens (tertiary/aromatic N) is 2. The third-order valence-corrected chi connectivity index (χ3v) is 8.93. The van der Waals surface area contributed by atoms with Gasteiger partial charge < -0.3 is 14.2 Å². The van der Waals surface area contributed by atoms with Crippen LogP contribution in [-0.2, 0) is 26.6 Å². The lowest BCUT2D eigenvalue weighted by atomic mass is 9.85. The van der Waals surface area contributed by atoms with Gasteiger partial charge in [-0.15, -0.1) is 0 Å². The van der Waals surface area contributed by atoms with E-state index in [1.807, 2.05) is 24.9 Å². The van der Waals surface area contributed by atoms with Crippen LogP contribution in [0.15, 0.2) is 29.2 Å². The van der Waals surface area contributed by atoms with Gasteiger partial charge in [0.05, 0.1) is 24.2 Å². The Kier molecular flexibility index (Phi) is 5.80. The second-order valence-electron chi connectivity index (χ2n) is 9.75. The lowest BCUT2D eigenvalue weighted by molar-refractivity contribution is -0.144. The van der Waals surface area contributed by atoms with Gasteiger partial charge in [-0.2, -0.15) is 0 Å². The van der Waals surface area contributed by atoms with Gasteiger partial charge in [0.2, 0.25) is 15.9 Å². The first kappa shape index (κ1) is 21.9. The molecule has 1 aromatic heterocycles. The molecular formula is C24H33N3O4S. The van der Waals surface area contributed by atoms with Crippen molar-refractivity contribution in [1.82, 2.24) is 14.2 Å². The monoisotopic (exact) mass is 459 g/mol. The van der Waals surface area contributed by atoms with E-state index in [-0.39, 0.29) is 23.9 Å². The van der Waals surface area contributed by atoms with Crippen LogP contribution in [0, 0.1) is 5.92 Å². The molecule has 2 aromatic rings. The molecule has 2 aliphatic carbocycles. The van der Waals surface area contributed by atoms with E-state index < -0.39 is 10.0 Å². The van der Waals surface area contributed by atoms with Crippen molar-refractivity contribution in [1.29, 1.82) is 0 Å². The van der Waals surface area contributed by atoms with Gasteiger partial charge in [0.15, 0.2) is 0 Å². The first-order chi connectivity index (χ1) is 15.3. The summed E-state index contributed by atoms with van der Waals surface area (Å²) in [6.07, 6.45) is 5.24. The van der Waals surface area contributed by atoms with Crippen molar-refractivity contribution in [2.24, 2.45) is 13.0 Å².